The fourth-order valence-corrected chi connectivity index (χ4v) is 4.49. The number of hydrogen-bond donors (Lipinski definition) is 1. The van der Waals surface area contributed by atoms with E-state index in [-0.39, 0.29) is 0 Å². The summed E-state index contributed by atoms with van der Waals surface area (Å²) in [6, 6.07) is 35.8. The Morgan fingerprint density at radius 2 is 1.39 bits per heavy atom. The molecule has 1 atom stereocenters. The summed E-state index contributed by atoms with van der Waals surface area (Å²) in [7, 11) is 0. The van der Waals surface area contributed by atoms with E-state index in [9.17, 15) is 0 Å². The topological polar surface area (TPSA) is 25.2 Å². The van der Waals surface area contributed by atoms with Gasteiger partial charge in [-0.05, 0) is 53.8 Å². The summed E-state index contributed by atoms with van der Waals surface area (Å²) in [6.45, 7) is 2.87. The number of benzene rings is 4. The van der Waals surface area contributed by atoms with Crippen LogP contribution in [-0.2, 0) is 13.0 Å². The zero-order valence-corrected chi connectivity index (χ0v) is 19.3. The lowest BCUT2D eigenvalue weighted by atomic mass is 10.0. The molecule has 4 aromatic carbocycles. The zero-order chi connectivity index (χ0) is 22.6. The normalized spacial score (nSPS) is 12.2. The van der Waals surface area contributed by atoms with Gasteiger partial charge in [0.05, 0.1) is 6.54 Å². The Kier molecular flexibility index (Phi) is 6.30. The molecule has 1 N–H and O–H groups in total. The fraction of sp³-hybridized carbons (Fsp3) is 0.133. The summed E-state index contributed by atoms with van der Waals surface area (Å²) < 4.78 is 6.25. The van der Waals surface area contributed by atoms with Gasteiger partial charge in [0.2, 0.25) is 0 Å². The van der Waals surface area contributed by atoms with Gasteiger partial charge >= 0.3 is 0 Å². The van der Waals surface area contributed by atoms with Crippen molar-refractivity contribution in [2.24, 2.45) is 0 Å². The van der Waals surface area contributed by atoms with E-state index in [1.807, 2.05) is 30.3 Å². The van der Waals surface area contributed by atoms with Crippen molar-refractivity contribution in [2.75, 3.05) is 0 Å². The van der Waals surface area contributed by atoms with Crippen molar-refractivity contribution in [1.29, 1.82) is 0 Å². The van der Waals surface area contributed by atoms with E-state index >= 15 is 0 Å². The Labute approximate surface area is 199 Å². The van der Waals surface area contributed by atoms with Gasteiger partial charge < -0.3 is 9.73 Å². The lowest BCUT2D eigenvalue weighted by Gasteiger charge is -2.14. The van der Waals surface area contributed by atoms with Crippen molar-refractivity contribution in [3.05, 3.63) is 119 Å². The number of hydrogen-bond acceptors (Lipinski definition) is 2. The Balaban J connectivity index is 1.32. The molecular weight excluding hydrogens is 426 g/mol. The Bertz CT molecular complexity index is 1340. The first kappa shape index (κ1) is 21.5. The first-order valence-electron chi connectivity index (χ1n) is 11.3. The molecule has 0 aliphatic heterocycles. The quantitative estimate of drug-likeness (QED) is 0.270. The zero-order valence-electron chi connectivity index (χ0n) is 18.6. The highest BCUT2D eigenvalue weighted by Crippen LogP contribution is 2.36. The molecule has 1 unspecified atom stereocenters. The van der Waals surface area contributed by atoms with Gasteiger partial charge in [0.1, 0.15) is 11.3 Å². The molecule has 1 heterocycles. The van der Waals surface area contributed by atoms with Gasteiger partial charge in [0.25, 0.3) is 0 Å². The first-order chi connectivity index (χ1) is 16.2. The van der Waals surface area contributed by atoms with Gasteiger partial charge in [-0.25, -0.2) is 0 Å². The number of halogens is 1. The second-order valence-corrected chi connectivity index (χ2v) is 8.89. The predicted molar refractivity (Wildman–Crippen MR) is 139 cm³/mol. The highest BCUT2D eigenvalue weighted by molar-refractivity contribution is 6.31. The molecule has 0 bridgehead atoms. The van der Waals surface area contributed by atoms with E-state index in [2.05, 4.69) is 85.0 Å². The summed E-state index contributed by atoms with van der Waals surface area (Å²) in [5.74, 6) is 0.935. The van der Waals surface area contributed by atoms with Crippen LogP contribution >= 0.6 is 11.6 Å². The molecule has 0 aliphatic carbocycles. The van der Waals surface area contributed by atoms with Crippen molar-refractivity contribution in [1.82, 2.24) is 5.32 Å². The van der Waals surface area contributed by atoms with Gasteiger partial charge in [-0.1, -0.05) is 96.5 Å². The maximum atomic E-state index is 6.30. The molecule has 3 heteroatoms. The standard InChI is InChI=1S/C30H26ClNO/c1-21(18-22-12-14-24(15-13-22)23-8-4-2-5-9-23)32-20-29-30(25-10-6-3-7-11-25)27-19-26(31)16-17-28(27)33-29/h2-17,19,21,32H,18,20H2,1H3. The van der Waals surface area contributed by atoms with Crippen molar-refractivity contribution >= 4 is 22.6 Å². The highest BCUT2D eigenvalue weighted by Gasteiger charge is 2.17. The molecule has 0 radical (unpaired) electrons. The summed E-state index contributed by atoms with van der Waals surface area (Å²) in [4.78, 5) is 0. The van der Waals surface area contributed by atoms with Crippen molar-refractivity contribution in [2.45, 2.75) is 25.9 Å². The lowest BCUT2D eigenvalue weighted by Crippen LogP contribution is -2.27. The fourth-order valence-electron chi connectivity index (χ4n) is 4.32. The summed E-state index contributed by atoms with van der Waals surface area (Å²) >= 11 is 6.30. The average Bonchev–Trinajstić information content (AvgIpc) is 3.22. The van der Waals surface area contributed by atoms with Gasteiger partial charge in [-0.15, -0.1) is 0 Å². The summed E-state index contributed by atoms with van der Waals surface area (Å²) in [5, 5.41) is 5.42. The average molecular weight is 452 g/mol. The molecule has 5 rings (SSSR count). The van der Waals surface area contributed by atoms with E-state index in [1.165, 1.54) is 16.7 Å². The van der Waals surface area contributed by atoms with E-state index in [0.717, 1.165) is 34.3 Å². The smallest absolute Gasteiger partial charge is 0.135 e. The molecule has 0 spiro atoms. The van der Waals surface area contributed by atoms with Gasteiger partial charge in [-0.2, -0.15) is 0 Å². The van der Waals surface area contributed by atoms with Crippen LogP contribution in [0, 0.1) is 0 Å². The molecule has 0 saturated heterocycles. The molecule has 5 aromatic rings. The van der Waals surface area contributed by atoms with Gasteiger partial charge in [0, 0.05) is 22.0 Å². The molecular formula is C30H26ClNO. The second-order valence-electron chi connectivity index (χ2n) is 8.46. The SMILES string of the molecule is CC(Cc1ccc(-c2ccccc2)cc1)NCc1oc2ccc(Cl)cc2c1-c1ccccc1. The Hall–Kier alpha value is -3.33. The van der Waals surface area contributed by atoms with Gasteiger partial charge in [-0.3, -0.25) is 0 Å². The molecule has 0 amide bonds. The minimum absolute atomic E-state index is 0.299. The molecule has 0 saturated carbocycles. The van der Waals surface area contributed by atoms with Crippen LogP contribution in [0.2, 0.25) is 5.02 Å². The summed E-state index contributed by atoms with van der Waals surface area (Å²) in [6.07, 6.45) is 0.946. The Morgan fingerprint density at radius 1 is 0.758 bits per heavy atom. The van der Waals surface area contributed by atoms with E-state index in [4.69, 9.17) is 16.0 Å². The van der Waals surface area contributed by atoms with Crippen molar-refractivity contribution in [3.8, 4) is 22.3 Å². The van der Waals surface area contributed by atoms with Crippen LogP contribution in [0.5, 0.6) is 0 Å². The molecule has 164 valence electrons. The first-order valence-corrected chi connectivity index (χ1v) is 11.7. The monoisotopic (exact) mass is 451 g/mol. The van der Waals surface area contributed by atoms with Crippen LogP contribution in [0.25, 0.3) is 33.2 Å². The minimum Gasteiger partial charge on any atom is -0.459 e. The minimum atomic E-state index is 0.299. The largest absolute Gasteiger partial charge is 0.459 e. The van der Waals surface area contributed by atoms with Crippen molar-refractivity contribution < 1.29 is 4.42 Å². The van der Waals surface area contributed by atoms with Crippen LogP contribution in [0.3, 0.4) is 0 Å². The van der Waals surface area contributed by atoms with E-state index in [1.54, 1.807) is 0 Å². The molecule has 1 aromatic heterocycles. The Morgan fingerprint density at radius 3 is 2.09 bits per heavy atom. The van der Waals surface area contributed by atoms with E-state index < -0.39 is 0 Å². The van der Waals surface area contributed by atoms with E-state index in [0.29, 0.717) is 17.6 Å². The highest BCUT2D eigenvalue weighted by atomic mass is 35.5. The maximum absolute atomic E-state index is 6.30. The third-order valence-electron chi connectivity index (χ3n) is 6.00. The second kappa shape index (κ2) is 9.66. The molecule has 33 heavy (non-hydrogen) atoms. The summed E-state index contributed by atoms with van der Waals surface area (Å²) in [5.41, 5.74) is 6.91. The molecule has 2 nitrogen and oxygen atoms in total. The van der Waals surface area contributed by atoms with Crippen LogP contribution in [0.15, 0.2) is 108 Å². The number of fused-ring (bicyclic) bond motifs is 1. The van der Waals surface area contributed by atoms with Crippen LogP contribution in [-0.4, -0.2) is 6.04 Å². The number of nitrogens with one attached hydrogen (secondary N) is 1. The molecule has 0 aliphatic rings. The number of rotatable bonds is 7. The predicted octanol–water partition coefficient (Wildman–Crippen LogP) is 8.14. The maximum Gasteiger partial charge on any atom is 0.135 e. The van der Waals surface area contributed by atoms with Crippen LogP contribution < -0.4 is 5.32 Å². The van der Waals surface area contributed by atoms with Crippen LogP contribution in [0.4, 0.5) is 0 Å². The number of furan rings is 1. The van der Waals surface area contributed by atoms with Gasteiger partial charge in [0.15, 0.2) is 0 Å². The van der Waals surface area contributed by atoms with Crippen molar-refractivity contribution in [3.63, 3.8) is 0 Å². The lowest BCUT2D eigenvalue weighted by molar-refractivity contribution is 0.474. The third-order valence-corrected chi connectivity index (χ3v) is 6.23. The van der Waals surface area contributed by atoms with Crippen LogP contribution in [0.1, 0.15) is 18.2 Å². The third kappa shape index (κ3) is 4.88. The molecule has 0 fully saturated rings.